The molecule has 2 rings (SSSR count). The number of rotatable bonds is 0. The molecule has 1 aromatic rings. The second-order valence-corrected chi connectivity index (χ2v) is 3.75. The van der Waals surface area contributed by atoms with Crippen LogP contribution in [-0.2, 0) is 4.79 Å². The lowest BCUT2D eigenvalue weighted by Gasteiger charge is -2.33. The minimum Gasteiger partial charge on any atom is -0.361 e. The number of fused-ring (bicyclic) bond motifs is 1. The fraction of sp³-hybridized carbons (Fsp3) is 0.364. The van der Waals surface area contributed by atoms with Crippen LogP contribution in [0.2, 0.25) is 0 Å². The Labute approximate surface area is 83.7 Å². The van der Waals surface area contributed by atoms with Crippen molar-refractivity contribution < 1.29 is 4.79 Å². The van der Waals surface area contributed by atoms with Crippen LogP contribution in [-0.4, -0.2) is 19.0 Å². The van der Waals surface area contributed by atoms with Gasteiger partial charge < -0.3 is 10.2 Å². The van der Waals surface area contributed by atoms with Crippen molar-refractivity contribution in [1.82, 2.24) is 0 Å². The quantitative estimate of drug-likeness (QED) is 0.676. The first-order valence-electron chi connectivity index (χ1n) is 4.74. The van der Waals surface area contributed by atoms with Crippen molar-refractivity contribution in [2.45, 2.75) is 19.9 Å². The number of nitrogens with one attached hydrogen (secondary N) is 1. The Morgan fingerprint density at radius 2 is 2.14 bits per heavy atom. The highest BCUT2D eigenvalue weighted by atomic mass is 16.2. The molecule has 1 heterocycles. The average molecular weight is 190 g/mol. The number of nitrogens with zero attached hydrogens (tertiary/aromatic N) is 1. The van der Waals surface area contributed by atoms with Crippen LogP contribution in [0.25, 0.3) is 0 Å². The first-order valence-corrected chi connectivity index (χ1v) is 4.74. The first kappa shape index (κ1) is 9.06. The molecule has 0 fully saturated rings. The van der Waals surface area contributed by atoms with Gasteiger partial charge in [0.1, 0.15) is 6.04 Å². The van der Waals surface area contributed by atoms with Gasteiger partial charge in [0.15, 0.2) is 0 Å². The molecule has 1 aliphatic heterocycles. The zero-order chi connectivity index (χ0) is 10.3. The third-order valence-electron chi connectivity index (χ3n) is 2.84. The summed E-state index contributed by atoms with van der Waals surface area (Å²) in [4.78, 5) is 13.6. The molecule has 0 bridgehead atoms. The van der Waals surface area contributed by atoms with E-state index in [1.807, 2.05) is 44.0 Å². The van der Waals surface area contributed by atoms with Gasteiger partial charge in [-0.15, -0.1) is 0 Å². The summed E-state index contributed by atoms with van der Waals surface area (Å²) in [5.74, 6) is 0.0642. The minimum atomic E-state index is -0.0932. The van der Waals surface area contributed by atoms with Crippen LogP contribution in [0, 0.1) is 6.92 Å². The van der Waals surface area contributed by atoms with E-state index in [0.29, 0.717) is 0 Å². The molecule has 0 aliphatic carbocycles. The molecule has 3 heteroatoms. The van der Waals surface area contributed by atoms with Crippen LogP contribution < -0.4 is 10.2 Å². The summed E-state index contributed by atoms with van der Waals surface area (Å²) < 4.78 is 0. The van der Waals surface area contributed by atoms with Gasteiger partial charge in [-0.05, 0) is 25.5 Å². The maximum absolute atomic E-state index is 11.6. The van der Waals surface area contributed by atoms with E-state index in [0.717, 1.165) is 16.9 Å². The number of likely N-dealkylation sites (N-methyl/N-ethyl adjacent to an activating group) is 1. The molecule has 0 aromatic heterocycles. The molecule has 1 aromatic carbocycles. The smallest absolute Gasteiger partial charge is 0.246 e. The zero-order valence-corrected chi connectivity index (χ0v) is 8.66. The van der Waals surface area contributed by atoms with Gasteiger partial charge in [-0.2, -0.15) is 0 Å². The largest absolute Gasteiger partial charge is 0.361 e. The van der Waals surface area contributed by atoms with E-state index in [4.69, 9.17) is 0 Å². The second-order valence-electron chi connectivity index (χ2n) is 3.75. The molecule has 0 radical (unpaired) electrons. The topological polar surface area (TPSA) is 32.3 Å². The number of para-hydroxylation sites is 1. The Hall–Kier alpha value is -1.51. The summed E-state index contributed by atoms with van der Waals surface area (Å²) in [6, 6.07) is 5.94. The summed E-state index contributed by atoms with van der Waals surface area (Å²) in [5, 5.41) is 2.93. The maximum atomic E-state index is 11.6. The summed E-state index contributed by atoms with van der Waals surface area (Å²) in [6.45, 7) is 3.91. The maximum Gasteiger partial charge on any atom is 0.246 e. The van der Waals surface area contributed by atoms with Crippen LogP contribution in [0.5, 0.6) is 0 Å². The highest BCUT2D eigenvalue weighted by Crippen LogP contribution is 2.33. The Kier molecular flexibility index (Phi) is 1.95. The zero-order valence-electron chi connectivity index (χ0n) is 8.66. The molecule has 1 atom stereocenters. The van der Waals surface area contributed by atoms with E-state index in [2.05, 4.69) is 5.32 Å². The number of amides is 1. The number of aryl methyl sites for hydroxylation is 1. The molecule has 0 saturated heterocycles. The monoisotopic (exact) mass is 190 g/mol. The van der Waals surface area contributed by atoms with Gasteiger partial charge in [-0.1, -0.05) is 12.1 Å². The minimum absolute atomic E-state index is 0.0642. The number of carbonyl (C=O) groups is 1. The Balaban J connectivity index is 2.56. The van der Waals surface area contributed by atoms with Gasteiger partial charge in [0.05, 0.1) is 11.4 Å². The Bertz CT molecular complexity index is 387. The molecule has 0 spiro atoms. The summed E-state index contributed by atoms with van der Waals surface area (Å²) in [5.41, 5.74) is 3.14. The molecule has 74 valence electrons. The van der Waals surface area contributed by atoms with E-state index in [9.17, 15) is 4.79 Å². The average Bonchev–Trinajstić information content (AvgIpc) is 2.17. The molecular weight excluding hydrogens is 176 g/mol. The molecule has 1 unspecified atom stereocenters. The highest BCUT2D eigenvalue weighted by molar-refractivity contribution is 6.03. The van der Waals surface area contributed by atoms with Crippen molar-refractivity contribution in [3.05, 3.63) is 23.8 Å². The molecular formula is C11H14N2O. The van der Waals surface area contributed by atoms with Crippen LogP contribution >= 0.6 is 0 Å². The first-order chi connectivity index (χ1) is 6.61. The molecule has 1 aliphatic rings. The van der Waals surface area contributed by atoms with Crippen molar-refractivity contribution in [3.8, 4) is 0 Å². The lowest BCUT2D eigenvalue weighted by atomic mass is 10.1. The lowest BCUT2D eigenvalue weighted by Crippen LogP contribution is -2.44. The van der Waals surface area contributed by atoms with E-state index in [1.54, 1.807) is 0 Å². The van der Waals surface area contributed by atoms with Gasteiger partial charge in [-0.25, -0.2) is 0 Å². The summed E-state index contributed by atoms with van der Waals surface area (Å²) in [6.07, 6.45) is 0. The lowest BCUT2D eigenvalue weighted by molar-refractivity contribution is -0.117. The predicted octanol–water partition coefficient (Wildman–Crippen LogP) is 1.77. The molecule has 0 saturated carbocycles. The summed E-state index contributed by atoms with van der Waals surface area (Å²) in [7, 11) is 1.95. The van der Waals surface area contributed by atoms with Crippen molar-refractivity contribution >= 4 is 17.3 Å². The third kappa shape index (κ3) is 1.16. The fourth-order valence-electron chi connectivity index (χ4n) is 1.72. The van der Waals surface area contributed by atoms with Gasteiger partial charge in [0.25, 0.3) is 0 Å². The SMILES string of the molecule is Cc1cccc2c1NC(=O)C(C)N2C. The van der Waals surface area contributed by atoms with Crippen LogP contribution in [0.4, 0.5) is 11.4 Å². The molecule has 1 amide bonds. The van der Waals surface area contributed by atoms with E-state index in [1.165, 1.54) is 0 Å². The van der Waals surface area contributed by atoms with E-state index >= 15 is 0 Å². The Morgan fingerprint density at radius 1 is 1.43 bits per heavy atom. The van der Waals surface area contributed by atoms with Crippen LogP contribution in [0.15, 0.2) is 18.2 Å². The number of carbonyl (C=O) groups excluding carboxylic acids is 1. The standard InChI is InChI=1S/C11H14N2O/c1-7-5-4-6-9-10(7)12-11(14)8(2)13(9)3/h4-6,8H,1-3H3,(H,12,14). The van der Waals surface area contributed by atoms with Crippen LogP contribution in [0.1, 0.15) is 12.5 Å². The van der Waals surface area contributed by atoms with Gasteiger partial charge in [0.2, 0.25) is 5.91 Å². The predicted molar refractivity (Wildman–Crippen MR) is 57.7 cm³/mol. The van der Waals surface area contributed by atoms with Gasteiger partial charge in [-0.3, -0.25) is 4.79 Å². The Morgan fingerprint density at radius 3 is 2.86 bits per heavy atom. The molecule has 1 N–H and O–H groups in total. The van der Waals surface area contributed by atoms with Crippen molar-refractivity contribution in [1.29, 1.82) is 0 Å². The number of hydrogen-bond acceptors (Lipinski definition) is 2. The normalized spacial score (nSPS) is 20.4. The number of anilines is 2. The van der Waals surface area contributed by atoms with Crippen molar-refractivity contribution in [3.63, 3.8) is 0 Å². The van der Waals surface area contributed by atoms with Crippen LogP contribution in [0.3, 0.4) is 0 Å². The van der Waals surface area contributed by atoms with E-state index < -0.39 is 0 Å². The number of benzene rings is 1. The van der Waals surface area contributed by atoms with Crippen molar-refractivity contribution in [2.24, 2.45) is 0 Å². The van der Waals surface area contributed by atoms with Gasteiger partial charge in [0, 0.05) is 7.05 Å². The second kappa shape index (κ2) is 3.01. The van der Waals surface area contributed by atoms with E-state index in [-0.39, 0.29) is 11.9 Å². The van der Waals surface area contributed by atoms with Crippen molar-refractivity contribution in [2.75, 3.05) is 17.3 Å². The highest BCUT2D eigenvalue weighted by Gasteiger charge is 2.27. The van der Waals surface area contributed by atoms with Gasteiger partial charge >= 0.3 is 0 Å². The molecule has 14 heavy (non-hydrogen) atoms. The third-order valence-corrected chi connectivity index (χ3v) is 2.84. The summed E-state index contributed by atoms with van der Waals surface area (Å²) >= 11 is 0. The number of hydrogen-bond donors (Lipinski definition) is 1. The fourth-order valence-corrected chi connectivity index (χ4v) is 1.72. The molecule has 3 nitrogen and oxygen atoms in total.